The van der Waals surface area contributed by atoms with Crippen LogP contribution in [-0.4, -0.2) is 61.7 Å². The van der Waals surface area contributed by atoms with Crippen LogP contribution in [0, 0.1) is 21.3 Å². The van der Waals surface area contributed by atoms with Crippen LogP contribution in [0.15, 0.2) is 12.1 Å². The van der Waals surface area contributed by atoms with Crippen molar-refractivity contribution in [2.75, 3.05) is 38.3 Å². The molecule has 2 fully saturated rings. The van der Waals surface area contributed by atoms with E-state index in [2.05, 4.69) is 26.1 Å². The Morgan fingerprint density at radius 2 is 1.70 bits per heavy atom. The summed E-state index contributed by atoms with van der Waals surface area (Å²) >= 11 is 0. The molecule has 0 bridgehead atoms. The number of nitro groups is 1. The lowest BCUT2D eigenvalue weighted by Gasteiger charge is -2.26. The number of rotatable bonds is 11. The molecule has 3 rings (SSSR count). The van der Waals surface area contributed by atoms with Gasteiger partial charge in [0, 0.05) is 31.0 Å². The molecule has 1 aromatic rings. The third-order valence-corrected chi connectivity index (χ3v) is 6.32. The highest BCUT2D eigenvalue weighted by molar-refractivity contribution is 5.57. The number of nitro benzene ring substituents is 1. The summed E-state index contributed by atoms with van der Waals surface area (Å²) in [6, 6.07) is 2.52. The van der Waals surface area contributed by atoms with E-state index in [-0.39, 0.29) is 17.3 Å². The SMILES string of the molecule is CC[C@@H]1COC(C)(C)O1.CCc1cc([N+](=O)[O-])c(F)cc1NCC(C)(C)CCOC[C@@H]1COC(C)(C)O1. The molecular weight excluding hydrogens is 483 g/mol. The Bertz CT molecular complexity index is 892. The second kappa shape index (κ2) is 13.3. The molecule has 0 amide bonds. The molecule has 37 heavy (non-hydrogen) atoms. The normalized spacial score (nSPS) is 22.4. The van der Waals surface area contributed by atoms with Crippen LogP contribution in [0.3, 0.4) is 0 Å². The van der Waals surface area contributed by atoms with Crippen molar-refractivity contribution in [2.45, 2.75) is 98.4 Å². The van der Waals surface area contributed by atoms with Crippen molar-refractivity contribution in [1.82, 2.24) is 0 Å². The number of anilines is 1. The van der Waals surface area contributed by atoms with Crippen LogP contribution < -0.4 is 5.32 Å². The van der Waals surface area contributed by atoms with E-state index in [1.807, 2.05) is 34.6 Å². The fourth-order valence-corrected chi connectivity index (χ4v) is 4.00. The van der Waals surface area contributed by atoms with Crippen molar-refractivity contribution in [1.29, 1.82) is 0 Å². The Morgan fingerprint density at radius 1 is 1.11 bits per heavy atom. The van der Waals surface area contributed by atoms with Gasteiger partial charge in [-0.05, 0) is 57.9 Å². The predicted molar refractivity (Wildman–Crippen MR) is 140 cm³/mol. The van der Waals surface area contributed by atoms with Gasteiger partial charge in [0.15, 0.2) is 11.6 Å². The predicted octanol–water partition coefficient (Wildman–Crippen LogP) is 5.84. The Hall–Kier alpha value is -1.85. The van der Waals surface area contributed by atoms with Gasteiger partial charge in [0.2, 0.25) is 5.82 Å². The van der Waals surface area contributed by atoms with E-state index in [9.17, 15) is 14.5 Å². The highest BCUT2D eigenvalue weighted by Crippen LogP contribution is 2.29. The second-order valence-corrected chi connectivity index (χ2v) is 11.2. The van der Waals surface area contributed by atoms with Gasteiger partial charge in [0.1, 0.15) is 6.10 Å². The first kappa shape index (κ1) is 31.4. The first-order valence-corrected chi connectivity index (χ1v) is 13.1. The zero-order valence-corrected chi connectivity index (χ0v) is 23.6. The number of aryl methyl sites for hydroxylation is 1. The molecule has 0 saturated carbocycles. The average Bonchev–Trinajstić information content (AvgIpc) is 3.35. The molecule has 2 heterocycles. The first-order valence-electron chi connectivity index (χ1n) is 13.1. The molecule has 9 nitrogen and oxygen atoms in total. The van der Waals surface area contributed by atoms with E-state index < -0.39 is 22.2 Å². The van der Waals surface area contributed by atoms with E-state index in [1.165, 1.54) is 12.1 Å². The molecule has 0 spiro atoms. The lowest BCUT2D eigenvalue weighted by Crippen LogP contribution is -2.27. The zero-order chi connectivity index (χ0) is 27.9. The summed E-state index contributed by atoms with van der Waals surface area (Å²) in [5.74, 6) is -1.71. The zero-order valence-electron chi connectivity index (χ0n) is 23.6. The van der Waals surface area contributed by atoms with Crippen molar-refractivity contribution in [2.24, 2.45) is 5.41 Å². The van der Waals surface area contributed by atoms with Crippen molar-refractivity contribution in [3.05, 3.63) is 33.6 Å². The van der Waals surface area contributed by atoms with E-state index in [1.54, 1.807) is 0 Å². The Balaban J connectivity index is 0.000000449. The number of ether oxygens (including phenoxy) is 5. The van der Waals surface area contributed by atoms with Crippen molar-refractivity contribution < 1.29 is 33.0 Å². The summed E-state index contributed by atoms with van der Waals surface area (Å²) in [7, 11) is 0. The number of halogens is 1. The van der Waals surface area contributed by atoms with Gasteiger partial charge in [-0.15, -0.1) is 0 Å². The average molecular weight is 529 g/mol. The highest BCUT2D eigenvalue weighted by atomic mass is 19.1. The molecule has 0 unspecified atom stereocenters. The summed E-state index contributed by atoms with van der Waals surface area (Å²) in [6.45, 7) is 18.8. The van der Waals surface area contributed by atoms with Gasteiger partial charge in [-0.1, -0.05) is 27.7 Å². The maximum Gasteiger partial charge on any atom is 0.305 e. The molecule has 2 atom stereocenters. The number of nitrogens with one attached hydrogen (secondary N) is 1. The van der Waals surface area contributed by atoms with E-state index >= 15 is 0 Å². The van der Waals surface area contributed by atoms with E-state index in [0.717, 1.165) is 25.0 Å². The van der Waals surface area contributed by atoms with Gasteiger partial charge >= 0.3 is 5.69 Å². The van der Waals surface area contributed by atoms with Gasteiger partial charge < -0.3 is 29.0 Å². The largest absolute Gasteiger partial charge is 0.384 e. The molecule has 0 radical (unpaired) electrons. The lowest BCUT2D eigenvalue weighted by atomic mass is 9.89. The summed E-state index contributed by atoms with van der Waals surface area (Å²) in [4.78, 5) is 10.2. The molecule has 10 heteroatoms. The van der Waals surface area contributed by atoms with E-state index in [4.69, 9.17) is 23.7 Å². The van der Waals surface area contributed by atoms with Crippen LogP contribution in [0.5, 0.6) is 0 Å². The number of hydrogen-bond donors (Lipinski definition) is 1. The van der Waals surface area contributed by atoms with E-state index in [0.29, 0.717) is 44.6 Å². The Labute approximate surface area is 220 Å². The van der Waals surface area contributed by atoms with Crippen molar-refractivity contribution in [3.63, 3.8) is 0 Å². The molecule has 2 aliphatic rings. The number of nitrogens with zero attached hydrogens (tertiary/aromatic N) is 1. The summed E-state index contributed by atoms with van der Waals surface area (Å²) in [5, 5.41) is 14.2. The first-order chi connectivity index (χ1) is 17.2. The van der Waals surface area contributed by atoms with Gasteiger partial charge in [-0.25, -0.2) is 0 Å². The minimum absolute atomic E-state index is 0.0496. The van der Waals surface area contributed by atoms with Crippen LogP contribution in [0.4, 0.5) is 15.8 Å². The number of hydrogen-bond acceptors (Lipinski definition) is 8. The van der Waals surface area contributed by atoms with Gasteiger partial charge in [0.25, 0.3) is 0 Å². The van der Waals surface area contributed by atoms with Gasteiger partial charge in [-0.2, -0.15) is 4.39 Å². The summed E-state index contributed by atoms with van der Waals surface area (Å²) in [5.41, 5.74) is 0.728. The van der Waals surface area contributed by atoms with Crippen molar-refractivity contribution >= 4 is 11.4 Å². The smallest absolute Gasteiger partial charge is 0.305 e. The minimum atomic E-state index is -0.826. The van der Waals surface area contributed by atoms with Gasteiger partial charge in [0.05, 0.1) is 30.8 Å². The van der Waals surface area contributed by atoms with Crippen LogP contribution >= 0.6 is 0 Å². The quantitative estimate of drug-likeness (QED) is 0.217. The number of benzene rings is 1. The lowest BCUT2D eigenvalue weighted by molar-refractivity contribution is -0.387. The van der Waals surface area contributed by atoms with Crippen LogP contribution in [0.1, 0.15) is 73.8 Å². The monoisotopic (exact) mass is 528 g/mol. The maximum atomic E-state index is 14.0. The third-order valence-electron chi connectivity index (χ3n) is 6.32. The highest BCUT2D eigenvalue weighted by Gasteiger charge is 2.33. The minimum Gasteiger partial charge on any atom is -0.384 e. The molecule has 2 aliphatic heterocycles. The fourth-order valence-electron chi connectivity index (χ4n) is 4.00. The van der Waals surface area contributed by atoms with Crippen molar-refractivity contribution in [3.8, 4) is 0 Å². The van der Waals surface area contributed by atoms with Crippen LogP contribution in [0.2, 0.25) is 0 Å². The molecule has 2 saturated heterocycles. The fraction of sp³-hybridized carbons (Fsp3) is 0.778. The molecular formula is C27H45FN2O7. The third kappa shape index (κ3) is 10.4. The van der Waals surface area contributed by atoms with Crippen LogP contribution in [-0.2, 0) is 30.1 Å². The maximum absolute atomic E-state index is 14.0. The molecule has 212 valence electrons. The van der Waals surface area contributed by atoms with Crippen LogP contribution in [0.25, 0.3) is 0 Å². The van der Waals surface area contributed by atoms with Gasteiger partial charge in [-0.3, -0.25) is 10.1 Å². The molecule has 0 aliphatic carbocycles. The second-order valence-electron chi connectivity index (χ2n) is 11.2. The Kier molecular flexibility index (Phi) is 11.3. The summed E-state index contributed by atoms with van der Waals surface area (Å²) < 4.78 is 41.7. The summed E-state index contributed by atoms with van der Waals surface area (Å²) in [6.07, 6.45) is 2.69. The Morgan fingerprint density at radius 3 is 2.16 bits per heavy atom. The molecule has 0 aromatic heterocycles. The topological polar surface area (TPSA) is 101 Å². The standard InChI is InChI=1S/C20H31FN2O5.C7H14O2/c1-6-14-9-18(23(24)25)16(21)10-17(14)22-13-19(2,3)7-8-26-11-15-12-27-20(4,5)28-15;1-4-6-5-8-7(2,3)9-6/h9-10,15,22H,6-8,11-13H2,1-5H3;6H,4-5H2,1-3H3/t15-;6-/m11/s1. The molecule has 1 N–H and O–H groups in total. The molecule has 1 aromatic carbocycles.